The Morgan fingerprint density at radius 1 is 1.08 bits per heavy atom. The molecule has 0 aromatic carbocycles. The van der Waals surface area contributed by atoms with Crippen molar-refractivity contribution < 1.29 is 28.7 Å². The van der Waals surface area contributed by atoms with E-state index >= 15 is 0 Å². The summed E-state index contributed by atoms with van der Waals surface area (Å²) in [6.45, 7) is 8.09. The summed E-state index contributed by atoms with van der Waals surface area (Å²) in [5.41, 5.74) is -0.701. The molecule has 2 unspecified atom stereocenters. The quantitative estimate of drug-likeness (QED) is 0.521. The number of ether oxygens (including phenoxy) is 2. The van der Waals surface area contributed by atoms with Crippen molar-refractivity contribution in [2.24, 2.45) is 5.92 Å². The molecule has 0 saturated heterocycles. The van der Waals surface area contributed by atoms with Gasteiger partial charge >= 0.3 is 12.1 Å². The number of nitrogens with one attached hydrogen (secondary N) is 2. The Labute approximate surface area is 154 Å². The van der Waals surface area contributed by atoms with E-state index in [2.05, 4.69) is 10.6 Å². The van der Waals surface area contributed by atoms with Crippen molar-refractivity contribution in [3.8, 4) is 0 Å². The smallest absolute Gasteiger partial charge is 0.408 e. The molecule has 0 aromatic heterocycles. The molecule has 1 aliphatic carbocycles. The Morgan fingerprint density at radius 2 is 1.65 bits per heavy atom. The van der Waals surface area contributed by atoms with E-state index < -0.39 is 41.4 Å². The van der Waals surface area contributed by atoms with E-state index in [1.807, 2.05) is 0 Å². The maximum Gasteiger partial charge on any atom is 0.408 e. The molecular weight excluding hydrogens is 340 g/mol. The number of alkyl carbamates (subject to hydrolysis) is 1. The third-order valence-corrected chi connectivity index (χ3v) is 4.04. The van der Waals surface area contributed by atoms with Crippen LogP contribution in [0, 0.1) is 5.92 Å². The highest BCUT2D eigenvalue weighted by Gasteiger charge is 2.36. The summed E-state index contributed by atoms with van der Waals surface area (Å²) in [6, 6.07) is -2.25. The molecule has 2 atom stereocenters. The molecule has 0 bridgehead atoms. The molecule has 26 heavy (non-hydrogen) atoms. The minimum absolute atomic E-state index is 0.0719. The average Bonchev–Trinajstić information content (AvgIpc) is 3.02. The third-order valence-electron chi connectivity index (χ3n) is 4.04. The van der Waals surface area contributed by atoms with Crippen LogP contribution in [0.5, 0.6) is 0 Å². The summed E-state index contributed by atoms with van der Waals surface area (Å²) in [5.74, 6) is -2.00. The zero-order valence-electron chi connectivity index (χ0n) is 16.2. The van der Waals surface area contributed by atoms with Gasteiger partial charge in [0.15, 0.2) is 11.8 Å². The normalized spacial score (nSPS) is 17.1. The molecule has 1 rings (SSSR count). The molecule has 1 fully saturated rings. The van der Waals surface area contributed by atoms with Crippen LogP contribution in [0.4, 0.5) is 4.79 Å². The molecule has 8 heteroatoms. The number of Topliss-reactive ketones (excluding diaryl/α,β-unsaturated/α-hetero) is 1. The summed E-state index contributed by atoms with van der Waals surface area (Å²) in [5, 5.41) is 5.01. The van der Waals surface area contributed by atoms with Crippen molar-refractivity contribution in [2.75, 3.05) is 6.61 Å². The maximum atomic E-state index is 12.7. The molecule has 2 amide bonds. The number of esters is 1. The predicted molar refractivity (Wildman–Crippen MR) is 94.4 cm³/mol. The standard InChI is InChI=1S/C18H30N2O6/c1-6-25-16(23)13(11(2)21)19-15(22)14(12-9-7-8-10-12)20-17(24)26-18(3,4)5/h12-14H,6-10H2,1-5H3,(H,19,22)(H,20,24). The number of carbonyl (C=O) groups excluding carboxylic acids is 4. The van der Waals surface area contributed by atoms with Crippen LogP contribution in [-0.2, 0) is 23.9 Å². The summed E-state index contributed by atoms with van der Waals surface area (Å²) in [4.78, 5) is 48.5. The monoisotopic (exact) mass is 370 g/mol. The van der Waals surface area contributed by atoms with Gasteiger partial charge in [-0.25, -0.2) is 9.59 Å². The lowest BCUT2D eigenvalue weighted by Gasteiger charge is -2.27. The Balaban J connectivity index is 2.87. The second-order valence-corrected chi connectivity index (χ2v) is 7.47. The van der Waals surface area contributed by atoms with Crippen molar-refractivity contribution in [3.05, 3.63) is 0 Å². The fourth-order valence-corrected chi connectivity index (χ4v) is 2.91. The zero-order valence-corrected chi connectivity index (χ0v) is 16.2. The molecule has 0 aromatic rings. The van der Waals surface area contributed by atoms with Crippen molar-refractivity contribution in [1.82, 2.24) is 10.6 Å². The van der Waals surface area contributed by atoms with E-state index in [0.717, 1.165) is 25.7 Å². The third kappa shape index (κ3) is 7.01. The fraction of sp³-hybridized carbons (Fsp3) is 0.778. The van der Waals surface area contributed by atoms with E-state index in [1.54, 1.807) is 27.7 Å². The molecule has 0 aliphatic heterocycles. The molecule has 1 aliphatic rings. The zero-order chi connectivity index (χ0) is 19.9. The van der Waals surface area contributed by atoms with Gasteiger partial charge in [-0.2, -0.15) is 0 Å². The summed E-state index contributed by atoms with van der Waals surface area (Å²) < 4.78 is 10.1. The highest BCUT2D eigenvalue weighted by molar-refractivity contribution is 6.05. The van der Waals surface area contributed by atoms with Gasteiger partial charge in [-0.15, -0.1) is 0 Å². The lowest BCUT2D eigenvalue weighted by Crippen LogP contribution is -2.56. The van der Waals surface area contributed by atoms with Gasteiger partial charge in [0.2, 0.25) is 5.91 Å². The largest absolute Gasteiger partial charge is 0.464 e. The van der Waals surface area contributed by atoms with Crippen LogP contribution in [0.15, 0.2) is 0 Å². The van der Waals surface area contributed by atoms with Gasteiger partial charge in [-0.1, -0.05) is 12.8 Å². The molecule has 0 heterocycles. The molecule has 8 nitrogen and oxygen atoms in total. The molecule has 0 radical (unpaired) electrons. The SMILES string of the molecule is CCOC(=O)C(NC(=O)C(NC(=O)OC(C)(C)C)C1CCCC1)C(C)=O. The van der Waals surface area contributed by atoms with Crippen molar-refractivity contribution in [1.29, 1.82) is 0 Å². The molecule has 1 saturated carbocycles. The van der Waals surface area contributed by atoms with E-state index in [1.165, 1.54) is 6.92 Å². The van der Waals surface area contributed by atoms with Crippen molar-refractivity contribution in [2.45, 2.75) is 78.0 Å². The predicted octanol–water partition coefficient (Wildman–Crippen LogP) is 1.71. The van der Waals surface area contributed by atoms with Crippen molar-refractivity contribution >= 4 is 23.8 Å². The molecule has 148 valence electrons. The number of ketones is 1. The van der Waals surface area contributed by atoms with E-state index in [0.29, 0.717) is 0 Å². The topological polar surface area (TPSA) is 111 Å². The number of amides is 2. The van der Waals surface area contributed by atoms with Gasteiger partial charge in [-0.3, -0.25) is 9.59 Å². The number of hydrogen-bond donors (Lipinski definition) is 2. The van der Waals surface area contributed by atoms with E-state index in [-0.39, 0.29) is 12.5 Å². The van der Waals surface area contributed by atoms with Crippen molar-refractivity contribution in [3.63, 3.8) is 0 Å². The molecule has 0 spiro atoms. The summed E-state index contributed by atoms with van der Waals surface area (Å²) >= 11 is 0. The van der Waals surface area contributed by atoms with Gasteiger partial charge in [0.05, 0.1) is 6.61 Å². The first kappa shape index (κ1) is 21.9. The minimum Gasteiger partial charge on any atom is -0.464 e. The second kappa shape index (κ2) is 9.54. The first-order chi connectivity index (χ1) is 12.0. The lowest BCUT2D eigenvalue weighted by molar-refractivity contribution is -0.150. The van der Waals surface area contributed by atoms with Gasteiger partial charge in [0.25, 0.3) is 0 Å². The molecule has 2 N–H and O–H groups in total. The first-order valence-corrected chi connectivity index (χ1v) is 9.02. The van der Waals surface area contributed by atoms with Crippen LogP contribution in [0.3, 0.4) is 0 Å². The summed E-state index contributed by atoms with van der Waals surface area (Å²) in [7, 11) is 0. The summed E-state index contributed by atoms with van der Waals surface area (Å²) in [6.07, 6.45) is 2.76. The Hall–Kier alpha value is -2.12. The first-order valence-electron chi connectivity index (χ1n) is 9.02. The highest BCUT2D eigenvalue weighted by atomic mass is 16.6. The Bertz CT molecular complexity index is 534. The average molecular weight is 370 g/mol. The number of rotatable bonds is 7. The Kier molecular flexibility index (Phi) is 8.05. The second-order valence-electron chi connectivity index (χ2n) is 7.47. The number of carbonyl (C=O) groups is 4. The van der Waals surface area contributed by atoms with Gasteiger partial charge in [0.1, 0.15) is 11.6 Å². The lowest BCUT2D eigenvalue weighted by atomic mass is 9.97. The highest BCUT2D eigenvalue weighted by Crippen LogP contribution is 2.28. The van der Waals surface area contributed by atoms with Crippen LogP contribution in [0.1, 0.15) is 60.3 Å². The number of hydrogen-bond acceptors (Lipinski definition) is 6. The molecular formula is C18H30N2O6. The van der Waals surface area contributed by atoms with E-state index in [9.17, 15) is 19.2 Å². The fourth-order valence-electron chi connectivity index (χ4n) is 2.91. The maximum absolute atomic E-state index is 12.7. The minimum atomic E-state index is -1.38. The van der Waals surface area contributed by atoms with Crippen LogP contribution in [0.25, 0.3) is 0 Å². The van der Waals surface area contributed by atoms with Gasteiger partial charge in [0, 0.05) is 0 Å². The Morgan fingerprint density at radius 3 is 2.12 bits per heavy atom. The van der Waals surface area contributed by atoms with Crippen LogP contribution in [-0.4, -0.2) is 48.0 Å². The van der Waals surface area contributed by atoms with Gasteiger partial charge < -0.3 is 20.1 Å². The van der Waals surface area contributed by atoms with Crippen LogP contribution < -0.4 is 10.6 Å². The van der Waals surface area contributed by atoms with Crippen LogP contribution >= 0.6 is 0 Å². The van der Waals surface area contributed by atoms with Crippen LogP contribution in [0.2, 0.25) is 0 Å². The van der Waals surface area contributed by atoms with Gasteiger partial charge in [-0.05, 0) is 53.4 Å². The van der Waals surface area contributed by atoms with E-state index in [4.69, 9.17) is 9.47 Å².